The number of benzene rings is 1. The van der Waals surface area contributed by atoms with Gasteiger partial charge in [-0.2, -0.15) is 0 Å². The monoisotopic (exact) mass is 268 g/mol. The van der Waals surface area contributed by atoms with Crippen LogP contribution in [0.5, 0.6) is 5.75 Å². The summed E-state index contributed by atoms with van der Waals surface area (Å²) in [6.07, 6.45) is 1.97. The van der Waals surface area contributed by atoms with Crippen LogP contribution in [0, 0.1) is 0 Å². The number of fused-ring (bicyclic) bond motifs is 1. The quantitative estimate of drug-likeness (QED) is 0.769. The zero-order chi connectivity index (χ0) is 13.8. The van der Waals surface area contributed by atoms with E-state index in [2.05, 4.69) is 15.5 Å². The molecule has 3 rings (SSSR count). The molecular weight excluding hydrogens is 252 g/mol. The molecule has 1 N–H and O–H groups in total. The smallest absolute Gasteiger partial charge is 0.160 e. The van der Waals surface area contributed by atoms with Crippen molar-refractivity contribution in [2.45, 2.75) is 13.1 Å². The Balaban J connectivity index is 1.68. The first-order valence-corrected chi connectivity index (χ1v) is 6.50. The predicted octanol–water partition coefficient (Wildman–Crippen LogP) is 2.03. The Morgan fingerprint density at radius 1 is 1.05 bits per heavy atom. The average Bonchev–Trinajstić information content (AvgIpc) is 2.91. The minimum atomic E-state index is 0.656. The van der Waals surface area contributed by atoms with Crippen molar-refractivity contribution in [2.75, 3.05) is 7.11 Å². The molecule has 0 amide bonds. The van der Waals surface area contributed by atoms with E-state index < -0.39 is 0 Å². The summed E-state index contributed by atoms with van der Waals surface area (Å²) in [5.74, 6) is 1.79. The van der Waals surface area contributed by atoms with Gasteiger partial charge in [-0.05, 0) is 18.2 Å². The number of rotatable bonds is 5. The van der Waals surface area contributed by atoms with Gasteiger partial charge in [-0.3, -0.25) is 4.40 Å². The number of nitrogens with zero attached hydrogens (tertiary/aromatic N) is 3. The molecule has 0 spiro atoms. The van der Waals surface area contributed by atoms with Crippen LogP contribution in [0.1, 0.15) is 11.4 Å². The van der Waals surface area contributed by atoms with Gasteiger partial charge in [0.25, 0.3) is 0 Å². The van der Waals surface area contributed by atoms with Crippen LogP contribution in [0.3, 0.4) is 0 Å². The van der Waals surface area contributed by atoms with Crippen molar-refractivity contribution in [3.8, 4) is 5.75 Å². The molecule has 0 aliphatic heterocycles. The van der Waals surface area contributed by atoms with E-state index in [0.29, 0.717) is 6.54 Å². The number of nitrogens with one attached hydrogen (secondary N) is 1. The molecule has 0 unspecified atom stereocenters. The molecule has 1 aromatic carbocycles. The van der Waals surface area contributed by atoms with Gasteiger partial charge in [0.1, 0.15) is 5.75 Å². The van der Waals surface area contributed by atoms with E-state index in [-0.39, 0.29) is 0 Å². The number of para-hydroxylation sites is 1. The Bertz CT molecular complexity index is 708. The maximum atomic E-state index is 5.33. The van der Waals surface area contributed by atoms with Crippen LogP contribution < -0.4 is 10.1 Å². The number of aromatic nitrogens is 3. The molecule has 20 heavy (non-hydrogen) atoms. The third-order valence-corrected chi connectivity index (χ3v) is 3.18. The Morgan fingerprint density at radius 3 is 2.80 bits per heavy atom. The molecule has 0 bridgehead atoms. The van der Waals surface area contributed by atoms with E-state index in [1.54, 1.807) is 7.11 Å². The van der Waals surface area contributed by atoms with E-state index in [1.165, 1.54) is 0 Å². The first kappa shape index (κ1) is 12.6. The summed E-state index contributed by atoms with van der Waals surface area (Å²) in [7, 11) is 1.69. The molecule has 2 heterocycles. The number of ether oxygens (including phenoxy) is 1. The molecule has 2 aromatic heterocycles. The Hall–Kier alpha value is -2.40. The first-order chi connectivity index (χ1) is 9.88. The van der Waals surface area contributed by atoms with Crippen LogP contribution in [0.15, 0.2) is 48.7 Å². The standard InChI is InChI=1S/C15H16N4O/c1-20-13-7-3-2-6-12(13)10-16-11-15-18-17-14-8-4-5-9-19(14)15/h2-9,16H,10-11H2,1H3. The molecule has 0 radical (unpaired) electrons. The van der Waals surface area contributed by atoms with E-state index in [9.17, 15) is 0 Å². The van der Waals surface area contributed by atoms with E-state index in [0.717, 1.165) is 29.3 Å². The molecule has 3 aromatic rings. The summed E-state index contributed by atoms with van der Waals surface area (Å²) in [4.78, 5) is 0. The Kier molecular flexibility index (Phi) is 3.60. The second-order valence-corrected chi connectivity index (χ2v) is 4.46. The molecule has 0 atom stereocenters. The first-order valence-electron chi connectivity index (χ1n) is 6.50. The topological polar surface area (TPSA) is 51.5 Å². The van der Waals surface area contributed by atoms with Gasteiger partial charge in [0.05, 0.1) is 13.7 Å². The lowest BCUT2D eigenvalue weighted by Gasteiger charge is -2.08. The van der Waals surface area contributed by atoms with Crippen LogP contribution in [-0.4, -0.2) is 21.7 Å². The molecule has 5 nitrogen and oxygen atoms in total. The minimum absolute atomic E-state index is 0.656. The lowest BCUT2D eigenvalue weighted by molar-refractivity contribution is 0.407. The van der Waals surface area contributed by atoms with Crippen molar-refractivity contribution < 1.29 is 4.74 Å². The zero-order valence-corrected chi connectivity index (χ0v) is 11.3. The maximum Gasteiger partial charge on any atom is 0.160 e. The van der Waals surface area contributed by atoms with Gasteiger partial charge >= 0.3 is 0 Å². The fourth-order valence-electron chi connectivity index (χ4n) is 2.17. The molecular formula is C15H16N4O. The molecule has 0 fully saturated rings. The minimum Gasteiger partial charge on any atom is -0.496 e. The van der Waals surface area contributed by atoms with Gasteiger partial charge in [-0.25, -0.2) is 0 Å². The summed E-state index contributed by atoms with van der Waals surface area (Å²) in [5, 5.41) is 11.7. The second kappa shape index (κ2) is 5.71. The van der Waals surface area contributed by atoms with Crippen molar-refractivity contribution in [1.29, 1.82) is 0 Å². The Morgan fingerprint density at radius 2 is 1.90 bits per heavy atom. The number of hydrogen-bond donors (Lipinski definition) is 1. The van der Waals surface area contributed by atoms with Gasteiger partial charge in [0.15, 0.2) is 11.5 Å². The fourth-order valence-corrected chi connectivity index (χ4v) is 2.17. The summed E-state index contributed by atoms with van der Waals surface area (Å²) in [6, 6.07) is 13.9. The van der Waals surface area contributed by atoms with Gasteiger partial charge < -0.3 is 10.1 Å². The normalized spacial score (nSPS) is 10.8. The van der Waals surface area contributed by atoms with Crippen LogP contribution in [0.2, 0.25) is 0 Å². The second-order valence-electron chi connectivity index (χ2n) is 4.46. The molecule has 5 heteroatoms. The van der Waals surface area contributed by atoms with Crippen LogP contribution in [-0.2, 0) is 13.1 Å². The highest BCUT2D eigenvalue weighted by molar-refractivity contribution is 5.37. The molecule has 0 saturated heterocycles. The summed E-state index contributed by atoms with van der Waals surface area (Å²) >= 11 is 0. The lowest BCUT2D eigenvalue weighted by atomic mass is 10.2. The highest BCUT2D eigenvalue weighted by Crippen LogP contribution is 2.16. The zero-order valence-electron chi connectivity index (χ0n) is 11.3. The van der Waals surface area contributed by atoms with Crippen molar-refractivity contribution in [3.05, 3.63) is 60.0 Å². The van der Waals surface area contributed by atoms with Crippen molar-refractivity contribution >= 4 is 5.65 Å². The Labute approximate surface area is 117 Å². The lowest BCUT2D eigenvalue weighted by Crippen LogP contribution is -2.15. The van der Waals surface area contributed by atoms with Gasteiger partial charge in [-0.15, -0.1) is 10.2 Å². The highest BCUT2D eigenvalue weighted by atomic mass is 16.5. The third-order valence-electron chi connectivity index (χ3n) is 3.18. The van der Waals surface area contributed by atoms with Crippen LogP contribution in [0.4, 0.5) is 0 Å². The van der Waals surface area contributed by atoms with E-state index in [1.807, 2.05) is 53.1 Å². The number of pyridine rings is 1. The summed E-state index contributed by atoms with van der Waals surface area (Å²) in [5.41, 5.74) is 1.99. The van der Waals surface area contributed by atoms with E-state index >= 15 is 0 Å². The SMILES string of the molecule is COc1ccccc1CNCc1nnc2ccccn12. The van der Waals surface area contributed by atoms with E-state index in [4.69, 9.17) is 4.74 Å². The van der Waals surface area contributed by atoms with Gasteiger partial charge in [0.2, 0.25) is 0 Å². The summed E-state index contributed by atoms with van der Waals surface area (Å²) in [6.45, 7) is 1.38. The molecule has 0 aliphatic rings. The van der Waals surface area contributed by atoms with Crippen LogP contribution in [0.25, 0.3) is 5.65 Å². The largest absolute Gasteiger partial charge is 0.496 e. The molecule has 0 aliphatic carbocycles. The van der Waals surface area contributed by atoms with Crippen molar-refractivity contribution in [3.63, 3.8) is 0 Å². The number of methoxy groups -OCH3 is 1. The number of hydrogen-bond acceptors (Lipinski definition) is 4. The maximum absolute atomic E-state index is 5.33. The fraction of sp³-hybridized carbons (Fsp3) is 0.200. The third kappa shape index (κ3) is 2.48. The van der Waals surface area contributed by atoms with Gasteiger partial charge in [-0.1, -0.05) is 24.3 Å². The molecule has 102 valence electrons. The summed E-state index contributed by atoms with van der Waals surface area (Å²) < 4.78 is 7.31. The van der Waals surface area contributed by atoms with Crippen LogP contribution >= 0.6 is 0 Å². The predicted molar refractivity (Wildman–Crippen MR) is 76.5 cm³/mol. The average molecular weight is 268 g/mol. The molecule has 0 saturated carbocycles. The van der Waals surface area contributed by atoms with Gasteiger partial charge in [0, 0.05) is 18.3 Å². The highest BCUT2D eigenvalue weighted by Gasteiger charge is 2.05. The van der Waals surface area contributed by atoms with Crippen molar-refractivity contribution in [2.24, 2.45) is 0 Å². The van der Waals surface area contributed by atoms with Crippen molar-refractivity contribution in [1.82, 2.24) is 19.9 Å².